The molecule has 4 nitrogen and oxygen atoms in total. The fraction of sp³-hybridized carbons (Fsp3) is 0.556. The predicted octanol–water partition coefficient (Wildman–Crippen LogP) is 0.920. The molecule has 0 fully saturated rings. The second-order valence-corrected chi connectivity index (χ2v) is 3.68. The monoisotopic (exact) mass is 215 g/mol. The Kier molecular flexibility index (Phi) is 2.52. The van der Waals surface area contributed by atoms with Gasteiger partial charge in [0.1, 0.15) is 0 Å². The van der Waals surface area contributed by atoms with E-state index in [1.165, 1.54) is 6.20 Å². The Morgan fingerprint density at radius 3 is 2.93 bits per heavy atom. The molecule has 0 aliphatic heterocycles. The van der Waals surface area contributed by atoms with Crippen LogP contribution in [0.25, 0.3) is 0 Å². The molecule has 0 aromatic carbocycles. The summed E-state index contributed by atoms with van der Waals surface area (Å²) in [6, 6.07) is 0. The third-order valence-electron chi connectivity index (χ3n) is 2.62. The molecule has 1 heterocycles. The van der Waals surface area contributed by atoms with Crippen LogP contribution in [-0.4, -0.2) is 21.5 Å². The average Bonchev–Trinajstić information content (AvgIpc) is 2.16. The molecule has 0 spiro atoms. The topological polar surface area (TPSA) is 72.0 Å². The van der Waals surface area contributed by atoms with Gasteiger partial charge in [-0.15, -0.1) is 0 Å². The van der Waals surface area contributed by atoms with Crippen LogP contribution < -0.4 is 5.73 Å². The number of hydrogen-bond acceptors (Lipinski definition) is 4. The molecule has 0 bridgehead atoms. The standard InChI is InChI=1S/C9H11F2N3O/c10-8(11)4-1-6-5(7(15)2-4)3-13-9(12)14-6/h3-4,7-8,15H,1-2H2,(H2,12,13,14)/t4-,7+/m1/s1. The molecule has 0 radical (unpaired) electrons. The number of hydrogen-bond donors (Lipinski definition) is 2. The van der Waals surface area contributed by atoms with Crippen LogP contribution in [0.5, 0.6) is 0 Å². The van der Waals surface area contributed by atoms with Gasteiger partial charge in [-0.1, -0.05) is 0 Å². The summed E-state index contributed by atoms with van der Waals surface area (Å²) in [5.41, 5.74) is 6.31. The van der Waals surface area contributed by atoms with Crippen molar-refractivity contribution in [2.24, 2.45) is 5.92 Å². The Hall–Kier alpha value is -1.30. The van der Waals surface area contributed by atoms with Crippen molar-refractivity contribution < 1.29 is 13.9 Å². The van der Waals surface area contributed by atoms with Crippen molar-refractivity contribution in [2.75, 3.05) is 5.73 Å². The molecular formula is C9H11F2N3O. The molecule has 1 aromatic heterocycles. The average molecular weight is 215 g/mol. The van der Waals surface area contributed by atoms with Gasteiger partial charge in [0.05, 0.1) is 11.8 Å². The zero-order valence-electron chi connectivity index (χ0n) is 7.90. The summed E-state index contributed by atoms with van der Waals surface area (Å²) in [4.78, 5) is 7.60. The zero-order chi connectivity index (χ0) is 11.0. The second kappa shape index (κ2) is 3.69. The fourth-order valence-corrected chi connectivity index (χ4v) is 1.82. The van der Waals surface area contributed by atoms with Gasteiger partial charge >= 0.3 is 0 Å². The van der Waals surface area contributed by atoms with Gasteiger partial charge in [0.2, 0.25) is 12.4 Å². The number of nitrogen functional groups attached to an aromatic ring is 1. The SMILES string of the molecule is Nc1ncc2c(n1)C[C@@H](C(F)F)C[C@@H]2O. The Labute approximate surface area is 85.2 Å². The number of anilines is 1. The van der Waals surface area contributed by atoms with E-state index < -0.39 is 18.4 Å². The maximum Gasteiger partial charge on any atom is 0.241 e. The van der Waals surface area contributed by atoms with Crippen molar-refractivity contribution in [1.29, 1.82) is 0 Å². The molecule has 15 heavy (non-hydrogen) atoms. The highest BCUT2D eigenvalue weighted by Gasteiger charge is 2.32. The molecule has 1 aliphatic carbocycles. The third-order valence-corrected chi connectivity index (χ3v) is 2.62. The minimum Gasteiger partial charge on any atom is -0.388 e. The number of aliphatic hydroxyl groups is 1. The summed E-state index contributed by atoms with van der Waals surface area (Å²) in [6.07, 6.45) is -1.74. The van der Waals surface area contributed by atoms with E-state index in [0.717, 1.165) is 0 Å². The molecule has 0 unspecified atom stereocenters. The van der Waals surface area contributed by atoms with Crippen LogP contribution in [0.15, 0.2) is 6.20 Å². The molecule has 2 rings (SSSR count). The van der Waals surface area contributed by atoms with Crippen molar-refractivity contribution in [2.45, 2.75) is 25.4 Å². The molecule has 3 N–H and O–H groups in total. The predicted molar refractivity (Wildman–Crippen MR) is 49.2 cm³/mol. The summed E-state index contributed by atoms with van der Waals surface area (Å²) < 4.78 is 25.0. The number of aliphatic hydroxyl groups excluding tert-OH is 1. The lowest BCUT2D eigenvalue weighted by Crippen LogP contribution is -2.25. The van der Waals surface area contributed by atoms with Crippen molar-refractivity contribution >= 4 is 5.95 Å². The summed E-state index contributed by atoms with van der Waals surface area (Å²) in [7, 11) is 0. The van der Waals surface area contributed by atoms with Crippen molar-refractivity contribution in [3.8, 4) is 0 Å². The molecular weight excluding hydrogens is 204 g/mol. The molecule has 0 amide bonds. The van der Waals surface area contributed by atoms with Crippen LogP contribution in [0.1, 0.15) is 23.8 Å². The van der Waals surface area contributed by atoms with Crippen LogP contribution in [0.2, 0.25) is 0 Å². The largest absolute Gasteiger partial charge is 0.388 e. The molecule has 1 aromatic rings. The summed E-state index contributed by atoms with van der Waals surface area (Å²) in [5, 5.41) is 9.62. The second-order valence-electron chi connectivity index (χ2n) is 3.68. The van der Waals surface area contributed by atoms with Crippen LogP contribution in [-0.2, 0) is 6.42 Å². The highest BCUT2D eigenvalue weighted by Crippen LogP contribution is 2.34. The van der Waals surface area contributed by atoms with Gasteiger partial charge in [0, 0.05) is 17.7 Å². The van der Waals surface area contributed by atoms with Gasteiger partial charge in [-0.25, -0.2) is 18.7 Å². The van der Waals surface area contributed by atoms with Gasteiger partial charge in [0.25, 0.3) is 0 Å². The molecule has 82 valence electrons. The molecule has 0 saturated carbocycles. The number of fused-ring (bicyclic) bond motifs is 1. The van der Waals surface area contributed by atoms with Gasteiger partial charge in [-0.05, 0) is 12.8 Å². The lowest BCUT2D eigenvalue weighted by molar-refractivity contribution is 0.0291. The van der Waals surface area contributed by atoms with Gasteiger partial charge in [-0.2, -0.15) is 0 Å². The van der Waals surface area contributed by atoms with E-state index in [0.29, 0.717) is 11.3 Å². The molecule has 1 aliphatic rings. The summed E-state index contributed by atoms with van der Waals surface area (Å²) >= 11 is 0. The van der Waals surface area contributed by atoms with Crippen LogP contribution in [0, 0.1) is 5.92 Å². The highest BCUT2D eigenvalue weighted by molar-refractivity contribution is 5.29. The smallest absolute Gasteiger partial charge is 0.241 e. The normalized spacial score (nSPS) is 25.3. The van der Waals surface area contributed by atoms with E-state index in [4.69, 9.17) is 5.73 Å². The molecule has 6 heteroatoms. The first-order valence-electron chi connectivity index (χ1n) is 4.65. The van der Waals surface area contributed by atoms with Gasteiger partial charge < -0.3 is 10.8 Å². The van der Waals surface area contributed by atoms with Crippen LogP contribution >= 0.6 is 0 Å². The Morgan fingerprint density at radius 1 is 1.53 bits per heavy atom. The maximum absolute atomic E-state index is 12.5. The van der Waals surface area contributed by atoms with Gasteiger partial charge in [0.15, 0.2) is 0 Å². The van der Waals surface area contributed by atoms with Crippen LogP contribution in [0.3, 0.4) is 0 Å². The first-order chi connectivity index (χ1) is 7.08. The van der Waals surface area contributed by atoms with Crippen molar-refractivity contribution in [1.82, 2.24) is 9.97 Å². The minimum absolute atomic E-state index is 0.0517. The summed E-state index contributed by atoms with van der Waals surface area (Å²) in [6.45, 7) is 0. The minimum atomic E-state index is -2.44. The van der Waals surface area contributed by atoms with E-state index >= 15 is 0 Å². The van der Waals surface area contributed by atoms with Crippen molar-refractivity contribution in [3.63, 3.8) is 0 Å². The van der Waals surface area contributed by atoms with Crippen molar-refractivity contribution in [3.05, 3.63) is 17.5 Å². The number of alkyl halides is 2. The molecule has 0 saturated heterocycles. The highest BCUT2D eigenvalue weighted by atomic mass is 19.3. The van der Waals surface area contributed by atoms with E-state index in [1.807, 2.05) is 0 Å². The number of halogens is 2. The lowest BCUT2D eigenvalue weighted by Gasteiger charge is -2.26. The third kappa shape index (κ3) is 1.90. The first-order valence-corrected chi connectivity index (χ1v) is 4.65. The van der Waals surface area contributed by atoms with E-state index in [1.54, 1.807) is 0 Å². The number of aromatic nitrogens is 2. The number of rotatable bonds is 1. The number of nitrogens with two attached hydrogens (primary N) is 1. The van der Waals surface area contributed by atoms with Crippen LogP contribution in [0.4, 0.5) is 14.7 Å². The zero-order valence-corrected chi connectivity index (χ0v) is 7.90. The fourth-order valence-electron chi connectivity index (χ4n) is 1.82. The van der Waals surface area contributed by atoms with E-state index in [9.17, 15) is 13.9 Å². The quantitative estimate of drug-likeness (QED) is 0.730. The van der Waals surface area contributed by atoms with E-state index in [2.05, 4.69) is 9.97 Å². The molecule has 2 atom stereocenters. The first kappa shape index (κ1) is 10.2. The number of nitrogens with zero attached hydrogens (tertiary/aromatic N) is 2. The Balaban J connectivity index is 2.33. The lowest BCUT2D eigenvalue weighted by atomic mass is 9.86. The maximum atomic E-state index is 12.5. The van der Waals surface area contributed by atoms with E-state index in [-0.39, 0.29) is 18.8 Å². The van der Waals surface area contributed by atoms with Gasteiger partial charge in [-0.3, -0.25) is 0 Å². The Morgan fingerprint density at radius 2 is 2.27 bits per heavy atom. The summed E-state index contributed by atoms with van der Waals surface area (Å²) in [5.74, 6) is -0.794. The Bertz CT molecular complexity index is 372.